The van der Waals surface area contributed by atoms with E-state index in [0.717, 1.165) is 35.3 Å². The lowest BCUT2D eigenvalue weighted by Gasteiger charge is -2.40. The summed E-state index contributed by atoms with van der Waals surface area (Å²) in [4.78, 5) is 2.32. The number of morpholine rings is 1. The second-order valence-electron chi connectivity index (χ2n) is 4.93. The van der Waals surface area contributed by atoms with Crippen LogP contribution in [0.25, 0.3) is 0 Å². The minimum absolute atomic E-state index is 0.102. The summed E-state index contributed by atoms with van der Waals surface area (Å²) in [6.07, 6.45) is 1.21. The third kappa shape index (κ3) is 3.09. The molecule has 104 valence electrons. The molecule has 5 heteroatoms. The molecule has 1 aromatic carbocycles. The molecule has 1 saturated heterocycles. The standard InChI is InChI=1S/C14H20BrN3O/c1-3-11-8-19-9(2)7-18(11)13-5-4-10(15)6-12(13)14(16)17/h4-6,9,11H,3,7-8H2,1-2H3,(H3,16,17). The van der Waals surface area contributed by atoms with Crippen LogP contribution < -0.4 is 10.6 Å². The normalized spacial score (nSPS) is 23.4. The van der Waals surface area contributed by atoms with E-state index < -0.39 is 0 Å². The predicted octanol–water partition coefficient (Wildman–Crippen LogP) is 2.74. The molecule has 0 spiro atoms. The van der Waals surface area contributed by atoms with Gasteiger partial charge in [0, 0.05) is 22.3 Å². The van der Waals surface area contributed by atoms with Gasteiger partial charge in [-0.1, -0.05) is 22.9 Å². The lowest BCUT2D eigenvalue weighted by atomic mass is 10.1. The molecule has 1 aromatic rings. The molecule has 19 heavy (non-hydrogen) atoms. The number of nitrogens with zero attached hydrogens (tertiary/aromatic N) is 1. The quantitative estimate of drug-likeness (QED) is 0.663. The molecule has 1 aliphatic rings. The molecule has 0 aromatic heterocycles. The Morgan fingerprint density at radius 2 is 2.32 bits per heavy atom. The van der Waals surface area contributed by atoms with Crippen molar-refractivity contribution in [2.75, 3.05) is 18.1 Å². The van der Waals surface area contributed by atoms with E-state index in [1.54, 1.807) is 0 Å². The number of rotatable bonds is 3. The number of nitrogen functional groups attached to an aromatic ring is 1. The molecule has 0 amide bonds. The van der Waals surface area contributed by atoms with Crippen LogP contribution in [0.2, 0.25) is 0 Å². The van der Waals surface area contributed by atoms with Gasteiger partial charge in [-0.05, 0) is 31.5 Å². The summed E-state index contributed by atoms with van der Waals surface area (Å²) in [6.45, 7) is 5.79. The fraction of sp³-hybridized carbons (Fsp3) is 0.500. The Kier molecular flexibility index (Phi) is 4.47. The van der Waals surface area contributed by atoms with Crippen molar-refractivity contribution in [1.82, 2.24) is 0 Å². The van der Waals surface area contributed by atoms with E-state index in [0.29, 0.717) is 6.04 Å². The number of nitrogens with two attached hydrogens (primary N) is 1. The second kappa shape index (κ2) is 5.92. The molecule has 3 N–H and O–H groups in total. The Morgan fingerprint density at radius 3 is 2.95 bits per heavy atom. The summed E-state index contributed by atoms with van der Waals surface area (Å²) in [6, 6.07) is 6.27. The summed E-state index contributed by atoms with van der Waals surface area (Å²) in [5.41, 5.74) is 7.52. The molecule has 2 atom stereocenters. The minimum Gasteiger partial charge on any atom is -0.384 e. The van der Waals surface area contributed by atoms with Crippen molar-refractivity contribution in [3.63, 3.8) is 0 Å². The lowest BCUT2D eigenvalue weighted by molar-refractivity contribution is 0.0299. The fourth-order valence-electron chi connectivity index (χ4n) is 2.45. The van der Waals surface area contributed by atoms with Gasteiger partial charge in [0.2, 0.25) is 0 Å². The molecule has 1 fully saturated rings. The molecule has 1 heterocycles. The minimum atomic E-state index is 0.102. The summed E-state index contributed by atoms with van der Waals surface area (Å²) in [7, 11) is 0. The maximum atomic E-state index is 7.76. The summed E-state index contributed by atoms with van der Waals surface area (Å²) < 4.78 is 6.66. The summed E-state index contributed by atoms with van der Waals surface area (Å²) >= 11 is 3.44. The van der Waals surface area contributed by atoms with Crippen LogP contribution in [0, 0.1) is 5.41 Å². The fourth-order valence-corrected chi connectivity index (χ4v) is 2.81. The third-order valence-corrected chi connectivity index (χ3v) is 3.99. The monoisotopic (exact) mass is 325 g/mol. The topological polar surface area (TPSA) is 62.3 Å². The summed E-state index contributed by atoms with van der Waals surface area (Å²) in [5, 5.41) is 7.76. The first-order chi connectivity index (χ1) is 9.02. The second-order valence-corrected chi connectivity index (χ2v) is 5.85. The maximum absolute atomic E-state index is 7.76. The van der Waals surface area contributed by atoms with Gasteiger partial charge in [0.05, 0.1) is 18.8 Å². The van der Waals surface area contributed by atoms with Gasteiger partial charge in [-0.15, -0.1) is 0 Å². The van der Waals surface area contributed by atoms with Crippen LogP contribution in [-0.4, -0.2) is 31.1 Å². The first-order valence-electron chi connectivity index (χ1n) is 6.55. The highest BCUT2D eigenvalue weighted by Gasteiger charge is 2.27. The molecule has 2 rings (SSSR count). The van der Waals surface area contributed by atoms with Crippen LogP contribution >= 0.6 is 15.9 Å². The molecule has 0 aliphatic carbocycles. The smallest absolute Gasteiger partial charge is 0.124 e. The Hall–Kier alpha value is -1.07. The highest BCUT2D eigenvalue weighted by molar-refractivity contribution is 9.10. The first kappa shape index (κ1) is 14.3. The largest absolute Gasteiger partial charge is 0.384 e. The van der Waals surface area contributed by atoms with E-state index in [2.05, 4.69) is 34.7 Å². The van der Waals surface area contributed by atoms with E-state index in [1.807, 2.05) is 18.2 Å². The molecule has 2 unspecified atom stereocenters. The van der Waals surface area contributed by atoms with Crippen molar-refractivity contribution >= 4 is 27.5 Å². The Balaban J connectivity index is 2.40. The van der Waals surface area contributed by atoms with Gasteiger partial charge >= 0.3 is 0 Å². The Bertz CT molecular complexity index is 478. The number of amidine groups is 1. The SMILES string of the molecule is CCC1COC(C)CN1c1ccc(Br)cc1C(=N)N. The number of ether oxygens (including phenoxy) is 1. The molecular formula is C14H20BrN3O. The third-order valence-electron chi connectivity index (χ3n) is 3.50. The highest BCUT2D eigenvalue weighted by atomic mass is 79.9. The van der Waals surface area contributed by atoms with Crippen LogP contribution in [0.4, 0.5) is 5.69 Å². The number of benzene rings is 1. The first-order valence-corrected chi connectivity index (χ1v) is 7.34. The van der Waals surface area contributed by atoms with Crippen molar-refractivity contribution in [3.05, 3.63) is 28.2 Å². The van der Waals surface area contributed by atoms with Crippen molar-refractivity contribution < 1.29 is 4.74 Å². The average molecular weight is 326 g/mol. The lowest BCUT2D eigenvalue weighted by Crippen LogP contribution is -2.49. The maximum Gasteiger partial charge on any atom is 0.124 e. The van der Waals surface area contributed by atoms with Crippen LogP contribution in [0.5, 0.6) is 0 Å². The van der Waals surface area contributed by atoms with Crippen LogP contribution in [-0.2, 0) is 4.74 Å². The summed E-state index contributed by atoms with van der Waals surface area (Å²) in [5.74, 6) is 0.102. The molecule has 0 saturated carbocycles. The number of hydrogen-bond donors (Lipinski definition) is 2. The van der Waals surface area contributed by atoms with Crippen molar-refractivity contribution in [2.45, 2.75) is 32.4 Å². The van der Waals surface area contributed by atoms with E-state index in [9.17, 15) is 0 Å². The van der Waals surface area contributed by atoms with Gasteiger partial charge in [0.15, 0.2) is 0 Å². The molecule has 0 radical (unpaired) electrons. The average Bonchev–Trinajstić information content (AvgIpc) is 2.38. The van der Waals surface area contributed by atoms with Gasteiger partial charge in [-0.3, -0.25) is 5.41 Å². The van der Waals surface area contributed by atoms with Crippen molar-refractivity contribution in [3.8, 4) is 0 Å². The zero-order valence-corrected chi connectivity index (χ0v) is 12.9. The van der Waals surface area contributed by atoms with Gasteiger partial charge < -0.3 is 15.4 Å². The van der Waals surface area contributed by atoms with Gasteiger partial charge in [-0.25, -0.2) is 0 Å². The highest BCUT2D eigenvalue weighted by Crippen LogP contribution is 2.29. The van der Waals surface area contributed by atoms with Crippen molar-refractivity contribution in [1.29, 1.82) is 5.41 Å². The zero-order chi connectivity index (χ0) is 14.0. The van der Waals surface area contributed by atoms with Crippen molar-refractivity contribution in [2.24, 2.45) is 5.73 Å². The number of nitrogens with one attached hydrogen (secondary N) is 1. The van der Waals surface area contributed by atoms with Gasteiger partial charge in [0.1, 0.15) is 5.84 Å². The van der Waals surface area contributed by atoms with E-state index >= 15 is 0 Å². The molecule has 0 bridgehead atoms. The van der Waals surface area contributed by atoms with E-state index in [4.69, 9.17) is 15.9 Å². The van der Waals surface area contributed by atoms with Crippen LogP contribution in [0.1, 0.15) is 25.8 Å². The molecule has 4 nitrogen and oxygen atoms in total. The number of anilines is 1. The number of hydrogen-bond acceptors (Lipinski definition) is 3. The van der Waals surface area contributed by atoms with Gasteiger partial charge in [0.25, 0.3) is 0 Å². The molecule has 1 aliphatic heterocycles. The molecular weight excluding hydrogens is 306 g/mol. The number of halogens is 1. The van der Waals surface area contributed by atoms with E-state index in [-0.39, 0.29) is 11.9 Å². The van der Waals surface area contributed by atoms with Gasteiger partial charge in [-0.2, -0.15) is 0 Å². The van der Waals surface area contributed by atoms with E-state index in [1.165, 1.54) is 0 Å². The predicted molar refractivity (Wildman–Crippen MR) is 82.0 cm³/mol. The van der Waals surface area contributed by atoms with Crippen LogP contribution in [0.15, 0.2) is 22.7 Å². The Morgan fingerprint density at radius 1 is 1.58 bits per heavy atom. The Labute approximate surface area is 122 Å². The zero-order valence-electron chi connectivity index (χ0n) is 11.3. The van der Waals surface area contributed by atoms with Crippen LogP contribution in [0.3, 0.4) is 0 Å².